The lowest BCUT2D eigenvalue weighted by atomic mass is 9.71. The van der Waals surface area contributed by atoms with E-state index in [1.54, 1.807) is 7.11 Å². The molecule has 3 heteroatoms. The predicted octanol–water partition coefficient (Wildman–Crippen LogP) is 3.83. The minimum Gasteiger partial charge on any atom is -0.496 e. The van der Waals surface area contributed by atoms with Crippen molar-refractivity contribution in [3.05, 3.63) is 28.8 Å². The van der Waals surface area contributed by atoms with Crippen molar-refractivity contribution in [1.29, 1.82) is 0 Å². The van der Waals surface area contributed by atoms with E-state index in [2.05, 4.69) is 6.92 Å². The van der Waals surface area contributed by atoms with E-state index in [0.29, 0.717) is 11.8 Å². The summed E-state index contributed by atoms with van der Waals surface area (Å²) in [5.74, 6) is 2.72. The first-order chi connectivity index (χ1) is 8.65. The van der Waals surface area contributed by atoms with Crippen LogP contribution >= 0.6 is 11.6 Å². The molecule has 0 aliphatic heterocycles. The van der Waals surface area contributed by atoms with E-state index < -0.39 is 0 Å². The quantitative estimate of drug-likeness (QED) is 0.903. The van der Waals surface area contributed by atoms with Gasteiger partial charge in [0.15, 0.2) is 0 Å². The van der Waals surface area contributed by atoms with Crippen molar-refractivity contribution in [2.75, 3.05) is 13.7 Å². The van der Waals surface area contributed by atoms with Crippen molar-refractivity contribution in [3.8, 4) is 5.75 Å². The normalized spacial score (nSPS) is 28.1. The molecule has 0 heterocycles. The Kier molecular flexibility index (Phi) is 4.52. The Bertz CT molecular complexity index is 407. The number of nitrogens with two attached hydrogens (primary N) is 1. The van der Waals surface area contributed by atoms with E-state index >= 15 is 0 Å². The van der Waals surface area contributed by atoms with Crippen LogP contribution in [-0.2, 0) is 0 Å². The highest BCUT2D eigenvalue weighted by Gasteiger charge is 2.30. The van der Waals surface area contributed by atoms with Crippen LogP contribution in [0.25, 0.3) is 0 Å². The van der Waals surface area contributed by atoms with Crippen molar-refractivity contribution in [3.63, 3.8) is 0 Å². The number of ether oxygens (including phenoxy) is 1. The van der Waals surface area contributed by atoms with Crippen LogP contribution in [-0.4, -0.2) is 13.7 Å². The van der Waals surface area contributed by atoms with Crippen molar-refractivity contribution in [2.45, 2.75) is 32.1 Å². The summed E-state index contributed by atoms with van der Waals surface area (Å²) in [4.78, 5) is 0. The maximum Gasteiger partial charge on any atom is 0.122 e. The second kappa shape index (κ2) is 5.94. The molecular weight excluding hydrogens is 246 g/mol. The average molecular weight is 268 g/mol. The van der Waals surface area contributed by atoms with Crippen LogP contribution in [0.1, 0.15) is 37.7 Å². The maximum absolute atomic E-state index is 6.13. The Balaban J connectivity index is 2.34. The highest BCUT2D eigenvalue weighted by atomic mass is 35.5. The van der Waals surface area contributed by atoms with Gasteiger partial charge in [-0.2, -0.15) is 0 Å². The van der Waals surface area contributed by atoms with Gasteiger partial charge < -0.3 is 10.5 Å². The molecule has 0 amide bonds. The average Bonchev–Trinajstić information content (AvgIpc) is 2.38. The third-order valence-corrected chi connectivity index (χ3v) is 4.38. The Morgan fingerprint density at radius 2 is 2.17 bits per heavy atom. The van der Waals surface area contributed by atoms with Gasteiger partial charge in [0.1, 0.15) is 5.75 Å². The standard InChI is InChI=1S/C15H22ClNO/c1-10-3-4-11(9-17)13(7-10)14-8-12(16)5-6-15(14)18-2/h5-6,8,10-11,13H,3-4,7,9,17H2,1-2H3. The van der Waals surface area contributed by atoms with E-state index in [-0.39, 0.29) is 0 Å². The molecule has 1 aromatic rings. The summed E-state index contributed by atoms with van der Waals surface area (Å²) in [6.07, 6.45) is 3.66. The molecule has 3 atom stereocenters. The number of hydrogen-bond acceptors (Lipinski definition) is 2. The number of rotatable bonds is 3. The fourth-order valence-electron chi connectivity index (χ4n) is 3.10. The molecule has 0 radical (unpaired) electrons. The van der Waals surface area contributed by atoms with Crippen molar-refractivity contribution >= 4 is 11.6 Å². The van der Waals surface area contributed by atoms with Crippen LogP contribution in [0.4, 0.5) is 0 Å². The van der Waals surface area contributed by atoms with Crippen LogP contribution in [0, 0.1) is 11.8 Å². The minimum absolute atomic E-state index is 0.479. The molecule has 0 spiro atoms. The predicted molar refractivity (Wildman–Crippen MR) is 76.3 cm³/mol. The lowest BCUT2D eigenvalue weighted by molar-refractivity contribution is 0.249. The number of halogens is 1. The molecule has 2 rings (SSSR count). The lowest BCUT2D eigenvalue weighted by Gasteiger charge is -2.35. The zero-order valence-electron chi connectivity index (χ0n) is 11.2. The first-order valence-corrected chi connectivity index (χ1v) is 7.07. The third-order valence-electron chi connectivity index (χ3n) is 4.15. The van der Waals surface area contributed by atoms with Crippen LogP contribution in [0.3, 0.4) is 0 Å². The zero-order chi connectivity index (χ0) is 13.1. The van der Waals surface area contributed by atoms with Crippen LogP contribution in [0.15, 0.2) is 18.2 Å². The monoisotopic (exact) mass is 267 g/mol. The van der Waals surface area contributed by atoms with Gasteiger partial charge in [-0.05, 0) is 60.9 Å². The Hall–Kier alpha value is -0.730. The van der Waals surface area contributed by atoms with Gasteiger partial charge in [0.2, 0.25) is 0 Å². The largest absolute Gasteiger partial charge is 0.496 e. The summed E-state index contributed by atoms with van der Waals surface area (Å²) >= 11 is 6.13. The van der Waals surface area contributed by atoms with Gasteiger partial charge in [-0.1, -0.05) is 24.9 Å². The Morgan fingerprint density at radius 1 is 1.39 bits per heavy atom. The molecule has 1 aliphatic rings. The van der Waals surface area contributed by atoms with Crippen LogP contribution in [0.5, 0.6) is 5.75 Å². The lowest BCUT2D eigenvalue weighted by Crippen LogP contribution is -2.28. The fourth-order valence-corrected chi connectivity index (χ4v) is 3.28. The molecule has 2 N–H and O–H groups in total. The smallest absolute Gasteiger partial charge is 0.122 e. The first kappa shape index (κ1) is 13.7. The summed E-state index contributed by atoms with van der Waals surface area (Å²) in [5, 5.41) is 0.778. The number of hydrogen-bond donors (Lipinski definition) is 1. The van der Waals surface area contributed by atoms with E-state index in [9.17, 15) is 0 Å². The SMILES string of the molecule is COc1ccc(Cl)cc1C1CC(C)CCC1CN. The van der Waals surface area contributed by atoms with Gasteiger partial charge in [-0.15, -0.1) is 0 Å². The van der Waals surface area contributed by atoms with E-state index in [1.165, 1.54) is 24.8 Å². The Morgan fingerprint density at radius 3 is 2.83 bits per heavy atom. The molecule has 0 aromatic heterocycles. The molecule has 3 unspecified atom stereocenters. The van der Waals surface area contributed by atoms with Crippen molar-refractivity contribution < 1.29 is 4.74 Å². The van der Waals surface area contributed by atoms with Crippen LogP contribution in [0.2, 0.25) is 5.02 Å². The summed E-state index contributed by atoms with van der Waals surface area (Å²) in [6.45, 7) is 3.06. The van der Waals surface area contributed by atoms with E-state index in [0.717, 1.165) is 23.2 Å². The summed E-state index contributed by atoms with van der Waals surface area (Å²) in [5.41, 5.74) is 7.16. The maximum atomic E-state index is 6.13. The highest BCUT2D eigenvalue weighted by molar-refractivity contribution is 6.30. The second-order valence-corrected chi connectivity index (χ2v) is 5.84. The topological polar surface area (TPSA) is 35.2 Å². The van der Waals surface area contributed by atoms with E-state index in [4.69, 9.17) is 22.1 Å². The second-order valence-electron chi connectivity index (χ2n) is 5.41. The zero-order valence-corrected chi connectivity index (χ0v) is 11.9. The number of methoxy groups -OCH3 is 1. The molecule has 1 fully saturated rings. The summed E-state index contributed by atoms with van der Waals surface area (Å²) in [7, 11) is 1.72. The summed E-state index contributed by atoms with van der Waals surface area (Å²) in [6, 6.07) is 5.89. The molecular formula is C15H22ClNO. The molecule has 2 nitrogen and oxygen atoms in total. The molecule has 100 valence electrons. The Labute approximate surface area is 114 Å². The molecule has 18 heavy (non-hydrogen) atoms. The molecule has 1 aromatic carbocycles. The van der Waals surface area contributed by atoms with Gasteiger partial charge in [0.25, 0.3) is 0 Å². The van der Waals surface area contributed by atoms with Gasteiger partial charge in [0.05, 0.1) is 7.11 Å². The van der Waals surface area contributed by atoms with Crippen molar-refractivity contribution in [2.24, 2.45) is 17.6 Å². The summed E-state index contributed by atoms with van der Waals surface area (Å²) < 4.78 is 5.48. The molecule has 0 bridgehead atoms. The number of benzene rings is 1. The highest BCUT2D eigenvalue weighted by Crippen LogP contribution is 2.43. The third kappa shape index (κ3) is 2.81. The molecule has 1 aliphatic carbocycles. The molecule has 0 saturated heterocycles. The fraction of sp³-hybridized carbons (Fsp3) is 0.600. The minimum atomic E-state index is 0.479. The first-order valence-electron chi connectivity index (χ1n) is 6.69. The van der Waals surface area contributed by atoms with Gasteiger partial charge >= 0.3 is 0 Å². The van der Waals surface area contributed by atoms with Gasteiger partial charge in [0, 0.05) is 5.02 Å². The van der Waals surface area contributed by atoms with E-state index in [1.807, 2.05) is 18.2 Å². The van der Waals surface area contributed by atoms with Gasteiger partial charge in [-0.3, -0.25) is 0 Å². The van der Waals surface area contributed by atoms with Gasteiger partial charge in [-0.25, -0.2) is 0 Å². The van der Waals surface area contributed by atoms with Crippen LogP contribution < -0.4 is 10.5 Å². The van der Waals surface area contributed by atoms with Crippen molar-refractivity contribution in [1.82, 2.24) is 0 Å². The molecule has 1 saturated carbocycles.